The lowest BCUT2D eigenvalue weighted by atomic mass is 9.98. The number of nitrogens with one attached hydrogen (secondary N) is 5. The van der Waals surface area contributed by atoms with Gasteiger partial charge in [0.05, 0.1) is 30.7 Å². The molecule has 0 aromatic heterocycles. The average molecular weight is 825 g/mol. The van der Waals surface area contributed by atoms with Crippen LogP contribution in [-0.2, 0) is 49.9 Å². The molecule has 5 amide bonds. The molecule has 4 aromatic rings. The summed E-state index contributed by atoms with van der Waals surface area (Å²) in [5.41, 5.74) is 8.55. The first kappa shape index (κ1) is 46.4. The molecule has 0 unspecified atom stereocenters. The monoisotopic (exact) mass is 824 g/mol. The van der Waals surface area contributed by atoms with Crippen molar-refractivity contribution in [1.82, 2.24) is 26.6 Å². The van der Waals surface area contributed by atoms with Gasteiger partial charge in [0.2, 0.25) is 17.7 Å². The van der Waals surface area contributed by atoms with E-state index in [1.54, 1.807) is 38.1 Å². The Morgan fingerprint density at radius 1 is 0.550 bits per heavy atom. The van der Waals surface area contributed by atoms with Crippen molar-refractivity contribution in [3.63, 3.8) is 0 Å². The number of primary amides is 1. The molecule has 15 heteroatoms. The van der Waals surface area contributed by atoms with E-state index in [2.05, 4.69) is 26.6 Å². The molecule has 0 bridgehead atoms. The van der Waals surface area contributed by atoms with Gasteiger partial charge in [0, 0.05) is 13.1 Å². The summed E-state index contributed by atoms with van der Waals surface area (Å²) in [6, 6.07) is 32.3. The van der Waals surface area contributed by atoms with Crippen molar-refractivity contribution in [3.8, 4) is 0 Å². The largest absolute Gasteiger partial charge is 0.445 e. The highest BCUT2D eigenvalue weighted by molar-refractivity contribution is 5.90. The molecule has 0 radical (unpaired) electrons. The van der Waals surface area contributed by atoms with Crippen molar-refractivity contribution >= 4 is 29.9 Å². The summed E-state index contributed by atoms with van der Waals surface area (Å²) in [7, 11) is 0. The van der Waals surface area contributed by atoms with Gasteiger partial charge in [-0.15, -0.1) is 0 Å². The molecule has 4 rings (SSSR count). The molecule has 0 aliphatic carbocycles. The molecule has 0 aliphatic rings. The van der Waals surface area contributed by atoms with Crippen LogP contribution in [0.3, 0.4) is 0 Å². The molecule has 9 N–H and O–H groups in total. The number of alkyl carbamates (subject to hydrolysis) is 2. The summed E-state index contributed by atoms with van der Waals surface area (Å²) in [6.45, 7) is 3.32. The number of hydrogen-bond donors (Lipinski definition) is 8. The Kier molecular flexibility index (Phi) is 19.0. The molecule has 0 spiro atoms. The number of rotatable bonds is 23. The van der Waals surface area contributed by atoms with Crippen molar-refractivity contribution in [2.24, 2.45) is 11.7 Å². The number of benzene rings is 4. The Morgan fingerprint density at radius 2 is 0.933 bits per heavy atom. The van der Waals surface area contributed by atoms with E-state index in [1.807, 2.05) is 97.1 Å². The minimum Gasteiger partial charge on any atom is -0.445 e. The SMILES string of the molecule is CC(C)[C@H](NC(=O)OCc1ccccc1)C(=O)N[C@@H](Cc1ccccc1)[C@H](O)CNC[C@@H](O)[C@H](Cc1ccccc1)NC(=O)[C@H](CC(N)=O)NC(=O)OCc1ccccc1. The second-order valence-electron chi connectivity index (χ2n) is 14.8. The second kappa shape index (κ2) is 24.6. The van der Waals surface area contributed by atoms with Gasteiger partial charge < -0.3 is 52.0 Å². The van der Waals surface area contributed by atoms with Gasteiger partial charge in [-0.25, -0.2) is 9.59 Å². The smallest absolute Gasteiger partial charge is 0.408 e. The molecule has 0 fully saturated rings. The van der Waals surface area contributed by atoms with Gasteiger partial charge in [0.1, 0.15) is 25.3 Å². The van der Waals surface area contributed by atoms with E-state index in [1.165, 1.54) is 0 Å². The minimum absolute atomic E-state index is 0.0243. The van der Waals surface area contributed by atoms with Crippen LogP contribution in [0.4, 0.5) is 9.59 Å². The van der Waals surface area contributed by atoms with Crippen molar-refractivity contribution in [3.05, 3.63) is 144 Å². The maximum absolute atomic E-state index is 13.7. The van der Waals surface area contributed by atoms with Gasteiger partial charge in [-0.2, -0.15) is 0 Å². The third kappa shape index (κ3) is 16.5. The third-order valence-corrected chi connectivity index (χ3v) is 9.55. The molecule has 4 aromatic carbocycles. The van der Waals surface area contributed by atoms with Crippen LogP contribution in [0, 0.1) is 5.92 Å². The van der Waals surface area contributed by atoms with E-state index in [0.717, 1.165) is 22.3 Å². The predicted molar refractivity (Wildman–Crippen MR) is 225 cm³/mol. The van der Waals surface area contributed by atoms with Crippen molar-refractivity contribution in [2.45, 2.75) is 82.7 Å². The fourth-order valence-corrected chi connectivity index (χ4v) is 6.27. The Labute approximate surface area is 350 Å². The minimum atomic E-state index is -1.40. The number of carbonyl (C=O) groups excluding carboxylic acids is 5. The number of amides is 5. The number of carbonyl (C=O) groups is 5. The number of aliphatic hydroxyl groups excluding tert-OH is 2. The normalized spacial score (nSPS) is 14.0. The summed E-state index contributed by atoms with van der Waals surface area (Å²) in [5, 5.41) is 36.7. The fraction of sp³-hybridized carbons (Fsp3) is 0.356. The quantitative estimate of drug-likeness (QED) is 0.0546. The molecular formula is C45H56N6O9. The summed E-state index contributed by atoms with van der Waals surface area (Å²) >= 11 is 0. The van der Waals surface area contributed by atoms with Crippen LogP contribution in [0.1, 0.15) is 42.5 Å². The maximum atomic E-state index is 13.7. The average Bonchev–Trinajstić information content (AvgIpc) is 3.24. The zero-order valence-corrected chi connectivity index (χ0v) is 33.9. The highest BCUT2D eigenvalue weighted by Gasteiger charge is 2.31. The van der Waals surface area contributed by atoms with Crippen LogP contribution >= 0.6 is 0 Å². The van der Waals surface area contributed by atoms with E-state index in [-0.39, 0.29) is 45.1 Å². The zero-order chi connectivity index (χ0) is 43.3. The van der Waals surface area contributed by atoms with Crippen molar-refractivity contribution in [2.75, 3.05) is 13.1 Å². The highest BCUT2D eigenvalue weighted by Crippen LogP contribution is 2.12. The number of ether oxygens (including phenoxy) is 2. The van der Waals surface area contributed by atoms with Gasteiger partial charge in [-0.05, 0) is 41.0 Å². The summed E-state index contributed by atoms with van der Waals surface area (Å²) in [5.74, 6) is -2.46. The third-order valence-electron chi connectivity index (χ3n) is 9.55. The molecular weight excluding hydrogens is 769 g/mol. The molecule has 6 atom stereocenters. The van der Waals surface area contributed by atoms with E-state index in [4.69, 9.17) is 15.2 Å². The Bertz CT molecular complexity index is 1920. The van der Waals surface area contributed by atoms with E-state index >= 15 is 0 Å². The molecule has 0 saturated heterocycles. The van der Waals surface area contributed by atoms with Gasteiger partial charge in [-0.1, -0.05) is 135 Å². The van der Waals surface area contributed by atoms with Crippen molar-refractivity contribution < 1.29 is 43.7 Å². The van der Waals surface area contributed by atoms with E-state index in [9.17, 15) is 34.2 Å². The lowest BCUT2D eigenvalue weighted by molar-refractivity contribution is -0.128. The first-order valence-corrected chi connectivity index (χ1v) is 19.9. The Morgan fingerprint density at radius 3 is 1.33 bits per heavy atom. The second-order valence-corrected chi connectivity index (χ2v) is 14.8. The Hall–Kier alpha value is -6.29. The fourth-order valence-electron chi connectivity index (χ4n) is 6.27. The number of nitrogens with two attached hydrogens (primary N) is 1. The van der Waals surface area contributed by atoms with Crippen LogP contribution in [0.25, 0.3) is 0 Å². The highest BCUT2D eigenvalue weighted by atomic mass is 16.6. The van der Waals surface area contributed by atoms with Crippen LogP contribution in [0.15, 0.2) is 121 Å². The lowest BCUT2D eigenvalue weighted by Gasteiger charge is -2.30. The first-order chi connectivity index (χ1) is 28.9. The molecule has 0 saturated carbocycles. The maximum Gasteiger partial charge on any atom is 0.408 e. The van der Waals surface area contributed by atoms with E-state index in [0.29, 0.717) is 0 Å². The summed E-state index contributed by atoms with van der Waals surface area (Å²) < 4.78 is 10.6. The molecule has 0 heterocycles. The van der Waals surface area contributed by atoms with Gasteiger partial charge in [-0.3, -0.25) is 14.4 Å². The van der Waals surface area contributed by atoms with Gasteiger partial charge >= 0.3 is 12.2 Å². The first-order valence-electron chi connectivity index (χ1n) is 19.9. The lowest BCUT2D eigenvalue weighted by Crippen LogP contribution is -2.57. The van der Waals surface area contributed by atoms with Gasteiger partial charge in [0.25, 0.3) is 0 Å². The standard InChI is InChI=1S/C45H56N6O9/c1-30(2)41(51-45(58)60-29-34-21-13-6-14-22-34)43(56)49-36(24-32-17-9-4-10-18-32)39(53)27-47-26-38(52)35(23-31-15-7-3-8-16-31)48-42(55)37(25-40(46)54)50-44(57)59-28-33-19-11-5-12-20-33/h3-22,30,35-39,41,47,52-53H,23-29H2,1-2H3,(H2,46,54)(H,48,55)(H,49,56)(H,50,57)(H,51,58)/t35-,36-,37-,38+,39+,41-/m0/s1. The van der Waals surface area contributed by atoms with Crippen LogP contribution in [0.2, 0.25) is 0 Å². The van der Waals surface area contributed by atoms with Crippen molar-refractivity contribution in [1.29, 1.82) is 0 Å². The zero-order valence-electron chi connectivity index (χ0n) is 33.9. The Balaban J connectivity index is 1.40. The van der Waals surface area contributed by atoms with Gasteiger partial charge in [0.15, 0.2) is 0 Å². The van der Waals surface area contributed by atoms with Crippen LogP contribution in [-0.4, -0.2) is 89.6 Å². The van der Waals surface area contributed by atoms with E-state index < -0.39 is 72.7 Å². The number of aliphatic hydroxyl groups is 2. The molecule has 60 heavy (non-hydrogen) atoms. The van der Waals surface area contributed by atoms with Crippen LogP contribution in [0.5, 0.6) is 0 Å². The number of hydrogen-bond acceptors (Lipinski definition) is 10. The summed E-state index contributed by atoms with van der Waals surface area (Å²) in [4.78, 5) is 64.6. The predicted octanol–water partition coefficient (Wildman–Crippen LogP) is 2.87. The topological polar surface area (TPSA) is 230 Å². The molecule has 15 nitrogen and oxygen atoms in total. The van der Waals surface area contributed by atoms with Crippen LogP contribution < -0.4 is 32.3 Å². The summed E-state index contributed by atoms with van der Waals surface area (Å²) in [6.07, 6.45) is -4.22. The molecule has 0 aliphatic heterocycles. The molecule has 320 valence electrons.